The molecule has 2 aromatic carbocycles. The second-order valence-corrected chi connectivity index (χ2v) is 10.4. The third-order valence-corrected chi connectivity index (χ3v) is 7.86. The molecule has 0 aliphatic carbocycles. The molecule has 0 radical (unpaired) electrons. The molecule has 11 heteroatoms. The van der Waals surface area contributed by atoms with Gasteiger partial charge in [0.25, 0.3) is 0 Å². The van der Waals surface area contributed by atoms with Crippen molar-refractivity contribution in [2.75, 3.05) is 30.3 Å². The molecule has 1 aromatic heterocycles. The van der Waals surface area contributed by atoms with Crippen LogP contribution in [0.1, 0.15) is 30.9 Å². The Morgan fingerprint density at radius 2 is 1.74 bits per heavy atom. The van der Waals surface area contributed by atoms with Gasteiger partial charge >= 0.3 is 16.4 Å². The Morgan fingerprint density at radius 3 is 2.40 bits per heavy atom. The second-order valence-electron chi connectivity index (χ2n) is 8.42. The van der Waals surface area contributed by atoms with Gasteiger partial charge in [-0.25, -0.2) is 4.39 Å². The van der Waals surface area contributed by atoms with Crippen molar-refractivity contribution in [1.29, 1.82) is 0 Å². The molecule has 1 aliphatic rings. The number of ether oxygens (including phenoxy) is 1. The summed E-state index contributed by atoms with van der Waals surface area (Å²) < 4.78 is 43.9. The van der Waals surface area contributed by atoms with Gasteiger partial charge in [0.1, 0.15) is 5.82 Å². The van der Waals surface area contributed by atoms with E-state index in [9.17, 15) is 13.2 Å². The summed E-state index contributed by atoms with van der Waals surface area (Å²) in [7, 11) is -3.42. The summed E-state index contributed by atoms with van der Waals surface area (Å²) in [6, 6.07) is 11.3. The van der Waals surface area contributed by atoms with Gasteiger partial charge in [-0.15, -0.1) is 0 Å². The molecule has 1 aliphatic heterocycles. The maximum Gasteiger partial charge on any atom is 0.325 e. The van der Waals surface area contributed by atoms with Crippen molar-refractivity contribution in [1.82, 2.24) is 19.3 Å². The van der Waals surface area contributed by atoms with Gasteiger partial charge in [0, 0.05) is 37.0 Å². The summed E-state index contributed by atoms with van der Waals surface area (Å²) >= 11 is 0. The van der Waals surface area contributed by atoms with E-state index in [4.69, 9.17) is 4.74 Å². The number of aryl methyl sites for hydroxylation is 2. The minimum Gasteiger partial charge on any atom is -0.464 e. The molecule has 1 saturated heterocycles. The Bertz CT molecular complexity index is 1220. The number of rotatable bonds is 8. The molecule has 0 spiro atoms. The van der Waals surface area contributed by atoms with Crippen molar-refractivity contribution in [2.24, 2.45) is 0 Å². The fraction of sp³-hybridized carbons (Fsp3) is 0.375. The SMILES string of the molecule is CCOc1nc(Nc2ccc(C)c(C)c2)nc(NC2CCN([S+](=O)(O)c3ccc(F)cc3)CC2)n1. The number of nitrogens with one attached hydrogen (secondary N) is 2. The molecule has 3 aromatic rings. The highest BCUT2D eigenvalue weighted by Gasteiger charge is 2.40. The van der Waals surface area contributed by atoms with E-state index >= 15 is 0 Å². The number of aromatic nitrogens is 3. The van der Waals surface area contributed by atoms with E-state index in [1.807, 2.05) is 32.0 Å². The summed E-state index contributed by atoms with van der Waals surface area (Å²) in [5, 5.41) is 6.52. The van der Waals surface area contributed by atoms with Crippen LogP contribution in [0.4, 0.5) is 22.0 Å². The fourth-order valence-corrected chi connectivity index (χ4v) is 5.30. The normalized spacial score (nSPS) is 16.5. The number of halogens is 1. The van der Waals surface area contributed by atoms with E-state index in [0.717, 1.165) is 11.3 Å². The van der Waals surface area contributed by atoms with Crippen LogP contribution in [-0.2, 0) is 14.6 Å². The quantitative estimate of drug-likeness (QED) is 0.384. The first kappa shape index (κ1) is 25.0. The summed E-state index contributed by atoms with van der Waals surface area (Å²) in [6.45, 7) is 7.15. The standard InChI is InChI=1S/C24H29FN6O3S/c1-4-34-24-29-22(28-23(30-24)27-20-8-5-16(2)17(3)15-20)26-19-11-13-31(14-12-19)35(32,33)21-9-6-18(25)7-10-21/h5-10,15,19H,4,11-14H2,1-3H3,(H2-,26,27,28,29,30,32,33)/p+1. The predicted octanol–water partition coefficient (Wildman–Crippen LogP) is 4.59. The van der Waals surface area contributed by atoms with Gasteiger partial charge in [-0.3, -0.25) is 0 Å². The minimum absolute atomic E-state index is 0.000939. The lowest BCUT2D eigenvalue weighted by Crippen LogP contribution is -2.45. The number of benzene rings is 2. The lowest BCUT2D eigenvalue weighted by Gasteiger charge is -2.29. The number of piperidine rings is 1. The Balaban J connectivity index is 1.43. The number of nitrogens with zero attached hydrogens (tertiary/aromatic N) is 4. The zero-order valence-electron chi connectivity index (χ0n) is 20.0. The molecule has 35 heavy (non-hydrogen) atoms. The highest BCUT2D eigenvalue weighted by molar-refractivity contribution is 7.95. The van der Waals surface area contributed by atoms with Crippen LogP contribution >= 0.6 is 0 Å². The summed E-state index contributed by atoms with van der Waals surface area (Å²) in [5.41, 5.74) is 3.21. The van der Waals surface area contributed by atoms with Crippen LogP contribution in [0.15, 0.2) is 47.4 Å². The van der Waals surface area contributed by atoms with Gasteiger partial charge in [0.15, 0.2) is 0 Å². The first-order valence-electron chi connectivity index (χ1n) is 11.5. The molecule has 0 amide bonds. The molecule has 1 fully saturated rings. The molecule has 0 saturated carbocycles. The molecule has 186 valence electrons. The van der Waals surface area contributed by atoms with E-state index < -0.39 is 16.2 Å². The first-order valence-corrected chi connectivity index (χ1v) is 13.0. The van der Waals surface area contributed by atoms with Crippen LogP contribution in [-0.4, -0.2) is 49.5 Å². The molecule has 1 unspecified atom stereocenters. The zero-order chi connectivity index (χ0) is 25.0. The lowest BCUT2D eigenvalue weighted by molar-refractivity contribution is 0.302. The predicted molar refractivity (Wildman–Crippen MR) is 134 cm³/mol. The van der Waals surface area contributed by atoms with Crippen molar-refractivity contribution in [3.63, 3.8) is 0 Å². The largest absolute Gasteiger partial charge is 0.464 e. The monoisotopic (exact) mass is 501 g/mol. The smallest absolute Gasteiger partial charge is 0.325 e. The van der Waals surface area contributed by atoms with E-state index in [1.165, 1.54) is 34.1 Å². The average molecular weight is 502 g/mol. The highest BCUT2D eigenvalue weighted by atomic mass is 32.3. The van der Waals surface area contributed by atoms with Crippen LogP contribution in [0.3, 0.4) is 0 Å². The van der Waals surface area contributed by atoms with E-state index in [-0.39, 0.29) is 16.9 Å². The van der Waals surface area contributed by atoms with Crippen LogP contribution in [0.5, 0.6) is 6.01 Å². The molecule has 2 heterocycles. The summed E-state index contributed by atoms with van der Waals surface area (Å²) in [4.78, 5) is 13.4. The van der Waals surface area contributed by atoms with Crippen LogP contribution in [0.2, 0.25) is 0 Å². The molecular formula is C24H30FN6O3S+. The first-order chi connectivity index (χ1) is 16.7. The minimum atomic E-state index is -3.42. The number of hydrogen-bond donors (Lipinski definition) is 3. The van der Waals surface area contributed by atoms with Gasteiger partial charge in [-0.2, -0.15) is 19.5 Å². The maximum absolute atomic E-state index is 13.2. The van der Waals surface area contributed by atoms with Crippen LogP contribution in [0, 0.1) is 19.7 Å². The van der Waals surface area contributed by atoms with Crippen molar-refractivity contribution in [3.05, 3.63) is 59.4 Å². The number of hydrogen-bond acceptors (Lipinski definition) is 7. The van der Waals surface area contributed by atoms with Crippen molar-refractivity contribution in [2.45, 2.75) is 44.6 Å². The van der Waals surface area contributed by atoms with Gasteiger partial charge in [-0.05, 0) is 73.2 Å². The lowest BCUT2D eigenvalue weighted by atomic mass is 10.1. The maximum atomic E-state index is 13.2. The molecule has 3 N–H and O–H groups in total. The van der Waals surface area contributed by atoms with E-state index in [2.05, 4.69) is 32.5 Å². The van der Waals surface area contributed by atoms with Crippen LogP contribution < -0.4 is 15.4 Å². The topological polar surface area (TPSA) is 112 Å². The number of anilines is 3. The highest BCUT2D eigenvalue weighted by Crippen LogP contribution is 2.27. The van der Waals surface area contributed by atoms with Gasteiger partial charge in [-0.1, -0.05) is 10.4 Å². The third-order valence-electron chi connectivity index (χ3n) is 5.91. The molecule has 4 rings (SSSR count). The van der Waals surface area contributed by atoms with Gasteiger partial charge in [0.05, 0.1) is 6.61 Å². The Morgan fingerprint density at radius 1 is 1.06 bits per heavy atom. The molecular weight excluding hydrogens is 471 g/mol. The summed E-state index contributed by atoms with van der Waals surface area (Å²) in [6.07, 6.45) is 1.21. The van der Waals surface area contributed by atoms with E-state index in [1.54, 1.807) is 0 Å². The second kappa shape index (κ2) is 10.6. The molecule has 9 nitrogen and oxygen atoms in total. The van der Waals surface area contributed by atoms with Crippen molar-refractivity contribution < 1.29 is 17.9 Å². The molecule has 1 atom stereocenters. The van der Waals surface area contributed by atoms with Crippen molar-refractivity contribution in [3.8, 4) is 6.01 Å². The zero-order valence-corrected chi connectivity index (χ0v) is 20.8. The van der Waals surface area contributed by atoms with Gasteiger partial charge < -0.3 is 15.4 Å². The van der Waals surface area contributed by atoms with Gasteiger partial charge in [0.2, 0.25) is 16.8 Å². The summed E-state index contributed by atoms with van der Waals surface area (Å²) in [5.74, 6) is 0.292. The van der Waals surface area contributed by atoms with Crippen LogP contribution in [0.25, 0.3) is 0 Å². The average Bonchev–Trinajstić information content (AvgIpc) is 2.82. The fourth-order valence-electron chi connectivity index (χ4n) is 3.81. The third kappa shape index (κ3) is 6.11. The Hall–Kier alpha value is -3.15. The van der Waals surface area contributed by atoms with E-state index in [0.29, 0.717) is 44.4 Å². The van der Waals surface area contributed by atoms with Crippen molar-refractivity contribution >= 4 is 28.0 Å². The molecule has 0 bridgehead atoms. The Labute approximate surface area is 205 Å². The Kier molecular flexibility index (Phi) is 7.58.